The summed E-state index contributed by atoms with van der Waals surface area (Å²) in [5.41, 5.74) is 7.47. The molecule has 130 valence electrons. The Morgan fingerprint density at radius 2 is 1.80 bits per heavy atom. The molecule has 3 heteroatoms. The third-order valence-electron chi connectivity index (χ3n) is 4.86. The number of likely N-dealkylation sites (N-methyl/N-ethyl adjacent to an activating group) is 1. The third kappa shape index (κ3) is 3.66. The van der Waals surface area contributed by atoms with Crippen molar-refractivity contribution in [3.05, 3.63) is 62.7 Å². The Kier molecular flexibility index (Phi) is 5.05. The summed E-state index contributed by atoms with van der Waals surface area (Å²) in [4.78, 5) is 7.13. The quantitative estimate of drug-likeness (QED) is 0.397. The number of benzene rings is 2. The van der Waals surface area contributed by atoms with Gasteiger partial charge >= 0.3 is 0 Å². The van der Waals surface area contributed by atoms with Crippen LogP contribution in [0.5, 0.6) is 0 Å². The van der Waals surface area contributed by atoms with E-state index in [-0.39, 0.29) is 5.54 Å². The molecule has 2 aromatic carbocycles. The first-order chi connectivity index (χ1) is 11.8. The van der Waals surface area contributed by atoms with Gasteiger partial charge in [-0.2, -0.15) is 0 Å². The number of aryl methyl sites for hydroxylation is 1. The van der Waals surface area contributed by atoms with Gasteiger partial charge in [0.1, 0.15) is 0 Å². The van der Waals surface area contributed by atoms with Crippen molar-refractivity contribution >= 4 is 45.8 Å². The maximum Gasteiger partial charge on any atom is 0.0630 e. The van der Waals surface area contributed by atoms with Crippen LogP contribution < -0.4 is 4.90 Å². The molecule has 0 aromatic heterocycles. The third-order valence-corrected chi connectivity index (χ3v) is 5.58. The van der Waals surface area contributed by atoms with Crippen LogP contribution in [0, 0.1) is 10.5 Å². The Morgan fingerprint density at radius 3 is 2.44 bits per heavy atom. The van der Waals surface area contributed by atoms with Crippen LogP contribution in [0.4, 0.5) is 11.4 Å². The van der Waals surface area contributed by atoms with E-state index in [9.17, 15) is 0 Å². The number of aliphatic imine (C=N–C) groups is 1. The predicted molar refractivity (Wildman–Crippen MR) is 118 cm³/mol. The van der Waals surface area contributed by atoms with Gasteiger partial charge in [-0.1, -0.05) is 6.08 Å². The van der Waals surface area contributed by atoms with Crippen molar-refractivity contribution in [1.29, 1.82) is 0 Å². The fourth-order valence-corrected chi connectivity index (χ4v) is 3.99. The highest BCUT2D eigenvalue weighted by Gasteiger charge is 2.30. The molecule has 25 heavy (non-hydrogen) atoms. The number of hydrogen-bond donors (Lipinski definition) is 0. The lowest BCUT2D eigenvalue weighted by Gasteiger charge is -2.43. The lowest BCUT2D eigenvalue weighted by atomic mass is 9.87. The summed E-state index contributed by atoms with van der Waals surface area (Å²) in [7, 11) is 0. The number of allylic oxidation sites excluding steroid dienone is 1. The first kappa shape index (κ1) is 18.2. The van der Waals surface area contributed by atoms with Gasteiger partial charge in [-0.15, -0.1) is 0 Å². The van der Waals surface area contributed by atoms with Gasteiger partial charge < -0.3 is 4.90 Å². The second kappa shape index (κ2) is 6.94. The zero-order valence-corrected chi connectivity index (χ0v) is 17.8. The van der Waals surface area contributed by atoms with E-state index in [0.717, 1.165) is 12.2 Å². The van der Waals surface area contributed by atoms with E-state index in [1.165, 1.54) is 31.5 Å². The highest BCUT2D eigenvalue weighted by molar-refractivity contribution is 14.1. The van der Waals surface area contributed by atoms with Gasteiger partial charge in [-0.3, -0.25) is 4.99 Å². The molecular weight excluding hydrogens is 419 g/mol. The van der Waals surface area contributed by atoms with E-state index in [1.807, 2.05) is 6.21 Å². The number of anilines is 1. The van der Waals surface area contributed by atoms with Crippen LogP contribution in [-0.4, -0.2) is 18.3 Å². The monoisotopic (exact) mass is 444 g/mol. The summed E-state index contributed by atoms with van der Waals surface area (Å²) >= 11 is 2.31. The molecule has 0 bridgehead atoms. The van der Waals surface area contributed by atoms with Crippen LogP contribution in [-0.2, 0) is 0 Å². The lowest BCUT2D eigenvalue weighted by Crippen LogP contribution is -2.45. The van der Waals surface area contributed by atoms with Crippen molar-refractivity contribution in [2.24, 2.45) is 4.99 Å². The normalized spacial score (nSPS) is 16.1. The largest absolute Gasteiger partial charge is 0.363 e. The molecular formula is C22H25IN2. The second-order valence-corrected chi connectivity index (χ2v) is 8.43. The summed E-state index contributed by atoms with van der Waals surface area (Å²) < 4.78 is 1.23. The molecule has 0 unspecified atom stereocenters. The molecule has 0 spiro atoms. The number of fused-ring (bicyclic) bond motifs is 1. The van der Waals surface area contributed by atoms with Crippen molar-refractivity contribution in [3.8, 4) is 0 Å². The Labute approximate surface area is 164 Å². The topological polar surface area (TPSA) is 15.6 Å². The van der Waals surface area contributed by atoms with Crippen molar-refractivity contribution < 1.29 is 0 Å². The van der Waals surface area contributed by atoms with Crippen LogP contribution in [0.3, 0.4) is 0 Å². The molecule has 0 aliphatic carbocycles. The van der Waals surface area contributed by atoms with E-state index in [2.05, 4.69) is 110 Å². The molecule has 0 N–H and O–H groups in total. The number of rotatable bonds is 3. The molecule has 0 atom stereocenters. The van der Waals surface area contributed by atoms with E-state index >= 15 is 0 Å². The summed E-state index contributed by atoms with van der Waals surface area (Å²) in [6.45, 7) is 12.2. The van der Waals surface area contributed by atoms with Gasteiger partial charge in [-0.25, -0.2) is 0 Å². The van der Waals surface area contributed by atoms with Gasteiger partial charge in [0.15, 0.2) is 0 Å². The van der Waals surface area contributed by atoms with E-state index in [4.69, 9.17) is 0 Å². The molecule has 0 amide bonds. The van der Waals surface area contributed by atoms with Crippen LogP contribution in [0.1, 0.15) is 44.4 Å². The summed E-state index contributed by atoms with van der Waals surface area (Å²) in [6, 6.07) is 12.9. The van der Waals surface area contributed by atoms with Crippen molar-refractivity contribution in [3.63, 3.8) is 0 Å². The molecule has 3 rings (SSSR count). The molecule has 2 aromatic rings. The smallest absolute Gasteiger partial charge is 0.0630 e. The van der Waals surface area contributed by atoms with Crippen LogP contribution in [0.15, 0.2) is 47.5 Å². The Morgan fingerprint density at radius 1 is 1.12 bits per heavy atom. The Hall–Kier alpha value is -1.62. The van der Waals surface area contributed by atoms with Crippen molar-refractivity contribution in [2.75, 3.05) is 11.4 Å². The highest BCUT2D eigenvalue weighted by Crippen LogP contribution is 2.39. The average Bonchev–Trinajstić information content (AvgIpc) is 2.54. The molecule has 1 aliphatic rings. The molecule has 1 aliphatic heterocycles. The maximum absolute atomic E-state index is 4.66. The van der Waals surface area contributed by atoms with Crippen LogP contribution in [0.25, 0.3) is 5.57 Å². The number of nitrogens with zero attached hydrogens (tertiary/aromatic N) is 2. The Bertz CT molecular complexity index is 845. The fourth-order valence-electron chi connectivity index (χ4n) is 3.63. The van der Waals surface area contributed by atoms with Crippen molar-refractivity contribution in [1.82, 2.24) is 0 Å². The van der Waals surface area contributed by atoms with E-state index in [1.54, 1.807) is 0 Å². The maximum atomic E-state index is 4.66. The number of halogens is 1. The fraction of sp³-hybridized carbons (Fsp3) is 0.318. The lowest BCUT2D eigenvalue weighted by molar-refractivity contribution is 0.566. The van der Waals surface area contributed by atoms with Crippen LogP contribution in [0.2, 0.25) is 0 Å². The predicted octanol–water partition coefficient (Wildman–Crippen LogP) is 6.37. The number of hydrogen-bond acceptors (Lipinski definition) is 2. The molecule has 0 radical (unpaired) electrons. The van der Waals surface area contributed by atoms with Gasteiger partial charge in [0.25, 0.3) is 0 Å². The average molecular weight is 444 g/mol. The Balaban J connectivity index is 2.02. The molecule has 1 heterocycles. The minimum atomic E-state index is 0.0507. The molecule has 0 fully saturated rings. The first-order valence-electron chi connectivity index (χ1n) is 8.73. The molecule has 2 nitrogen and oxygen atoms in total. The molecule has 0 saturated carbocycles. The minimum Gasteiger partial charge on any atom is -0.363 e. The van der Waals surface area contributed by atoms with Gasteiger partial charge in [0, 0.05) is 27.6 Å². The zero-order valence-electron chi connectivity index (χ0n) is 15.6. The second-order valence-electron chi connectivity index (χ2n) is 7.19. The highest BCUT2D eigenvalue weighted by atomic mass is 127. The standard InChI is InChI=1S/C22H25IN2/c1-6-25-21-11-15(2)17(12-20(21)16(3)13-22(25,4)5)14-24-19-9-7-18(23)8-10-19/h7-14H,6H2,1-5H3. The summed E-state index contributed by atoms with van der Waals surface area (Å²) in [5, 5.41) is 0. The zero-order chi connectivity index (χ0) is 18.2. The van der Waals surface area contributed by atoms with E-state index in [0.29, 0.717) is 0 Å². The van der Waals surface area contributed by atoms with Gasteiger partial charge in [0.2, 0.25) is 0 Å². The minimum absolute atomic E-state index is 0.0507. The van der Waals surface area contributed by atoms with E-state index < -0.39 is 0 Å². The first-order valence-corrected chi connectivity index (χ1v) is 9.81. The summed E-state index contributed by atoms with van der Waals surface area (Å²) in [5.74, 6) is 0. The van der Waals surface area contributed by atoms with Crippen LogP contribution >= 0.6 is 22.6 Å². The molecule has 0 saturated heterocycles. The van der Waals surface area contributed by atoms with Crippen molar-refractivity contribution in [2.45, 2.75) is 40.2 Å². The summed E-state index contributed by atoms with van der Waals surface area (Å²) in [6.07, 6.45) is 4.36. The SMILES string of the molecule is CCN1c2cc(C)c(C=Nc3ccc(I)cc3)cc2C(C)=CC1(C)C. The van der Waals surface area contributed by atoms with Gasteiger partial charge in [0.05, 0.1) is 11.2 Å². The van der Waals surface area contributed by atoms with Gasteiger partial charge in [-0.05, 0) is 110 Å².